The second kappa shape index (κ2) is 7.31. The van der Waals surface area contributed by atoms with Gasteiger partial charge in [0.05, 0.1) is 0 Å². The second-order valence-electron chi connectivity index (χ2n) is 6.71. The van der Waals surface area contributed by atoms with Crippen LogP contribution < -0.4 is 0 Å². The molecule has 0 aromatic heterocycles. The van der Waals surface area contributed by atoms with E-state index in [1.54, 1.807) is 16.7 Å². The van der Waals surface area contributed by atoms with E-state index < -0.39 is 0 Å². The third-order valence-electron chi connectivity index (χ3n) is 5.07. The number of allylic oxidation sites excluding steroid dienone is 1. The van der Waals surface area contributed by atoms with Crippen molar-refractivity contribution in [1.29, 1.82) is 0 Å². The lowest BCUT2D eigenvalue weighted by Gasteiger charge is -2.14. The molecule has 0 spiro atoms. The highest BCUT2D eigenvalue weighted by atomic mass is 14.3. The van der Waals surface area contributed by atoms with Gasteiger partial charge in [0.15, 0.2) is 0 Å². The molecular formula is C22H34. The maximum absolute atomic E-state index is 4.04. The van der Waals surface area contributed by atoms with Gasteiger partial charge in [0.2, 0.25) is 0 Å². The third kappa shape index (κ3) is 3.37. The molecule has 0 aliphatic heterocycles. The van der Waals surface area contributed by atoms with E-state index >= 15 is 0 Å². The molecule has 22 heavy (non-hydrogen) atoms. The fraction of sp³-hybridized carbons (Fsp3) is 0.545. The molecule has 2 aliphatic carbocycles. The van der Waals surface area contributed by atoms with Gasteiger partial charge in [-0.15, -0.1) is 0 Å². The summed E-state index contributed by atoms with van der Waals surface area (Å²) in [6, 6.07) is 2.39. The van der Waals surface area contributed by atoms with E-state index in [0.717, 1.165) is 11.8 Å². The molecule has 0 bridgehead atoms. The minimum Gasteiger partial charge on any atom is -0.0984 e. The molecule has 0 radical (unpaired) electrons. The molecule has 0 amide bonds. The molecule has 0 unspecified atom stereocenters. The fourth-order valence-corrected chi connectivity index (χ4v) is 3.74. The van der Waals surface area contributed by atoms with Gasteiger partial charge in [-0.1, -0.05) is 58.1 Å². The van der Waals surface area contributed by atoms with Crippen molar-refractivity contribution in [1.82, 2.24) is 0 Å². The van der Waals surface area contributed by atoms with Crippen LogP contribution in [0.15, 0.2) is 18.2 Å². The van der Waals surface area contributed by atoms with E-state index in [0.29, 0.717) is 0 Å². The van der Waals surface area contributed by atoms with Crippen LogP contribution in [0.3, 0.4) is 0 Å². The molecule has 0 heteroatoms. The molecular weight excluding hydrogens is 264 g/mol. The highest BCUT2D eigenvalue weighted by molar-refractivity contribution is 5.71. The van der Waals surface area contributed by atoms with Crippen molar-refractivity contribution in [2.75, 3.05) is 0 Å². The zero-order valence-corrected chi connectivity index (χ0v) is 15.1. The van der Waals surface area contributed by atoms with Crippen LogP contribution in [0.4, 0.5) is 0 Å². The van der Waals surface area contributed by atoms with Crippen molar-refractivity contribution in [2.45, 2.75) is 66.7 Å². The van der Waals surface area contributed by atoms with Gasteiger partial charge in [-0.25, -0.2) is 0 Å². The van der Waals surface area contributed by atoms with Gasteiger partial charge in [0, 0.05) is 1.43 Å². The van der Waals surface area contributed by atoms with Crippen molar-refractivity contribution < 1.29 is 1.43 Å². The van der Waals surface area contributed by atoms with Crippen LogP contribution in [0.2, 0.25) is 0 Å². The van der Waals surface area contributed by atoms with E-state index in [9.17, 15) is 0 Å². The number of hydrogen-bond acceptors (Lipinski definition) is 0. The lowest BCUT2D eigenvalue weighted by molar-refractivity contribution is 0.627. The molecule has 1 saturated carbocycles. The first-order chi connectivity index (χ1) is 10.6. The highest BCUT2D eigenvalue weighted by Crippen LogP contribution is 2.41. The summed E-state index contributed by atoms with van der Waals surface area (Å²) in [4.78, 5) is 0. The first-order valence-corrected chi connectivity index (χ1v) is 9.12. The first kappa shape index (κ1) is 17.1. The lowest BCUT2D eigenvalue weighted by Crippen LogP contribution is -1.97. The molecule has 122 valence electrons. The summed E-state index contributed by atoms with van der Waals surface area (Å²) in [5.41, 5.74) is 9.10. The van der Waals surface area contributed by atoms with E-state index in [1.807, 2.05) is 19.9 Å². The Kier molecular flexibility index (Phi) is 5.67. The van der Waals surface area contributed by atoms with Gasteiger partial charge in [-0.3, -0.25) is 0 Å². The van der Waals surface area contributed by atoms with Crippen LogP contribution in [-0.2, 0) is 12.8 Å². The van der Waals surface area contributed by atoms with Crippen LogP contribution >= 0.6 is 0 Å². The average Bonchev–Trinajstić information content (AvgIpc) is 3.30. The summed E-state index contributed by atoms with van der Waals surface area (Å²) in [6.07, 6.45) is 11.0. The smallest absolute Gasteiger partial charge is 0 e. The standard InChI is InChI=1S/C20H26.C2H6.H2/c1-5-15(17-7-8-17)12-20-14(4)19-10-13(3)9-18(19)11-16(20)6-2;1-2;/h6,11-13,17H,2,5,7-10H2,1,3-4H3;1-2H3;1H/b15-12+;;/t13-;;/m0../s1. The normalized spacial score (nSPS) is 20.2. The van der Waals surface area contributed by atoms with Crippen molar-refractivity contribution in [2.24, 2.45) is 11.8 Å². The maximum atomic E-state index is 4.04. The average molecular weight is 299 g/mol. The first-order valence-electron chi connectivity index (χ1n) is 9.12. The Balaban J connectivity index is 0.000000849. The summed E-state index contributed by atoms with van der Waals surface area (Å²) < 4.78 is 0. The number of hydrogen-bond donors (Lipinski definition) is 0. The fourth-order valence-electron chi connectivity index (χ4n) is 3.74. The van der Waals surface area contributed by atoms with E-state index in [2.05, 4.69) is 39.5 Å². The summed E-state index contributed by atoms with van der Waals surface area (Å²) >= 11 is 0. The number of benzene rings is 1. The summed E-state index contributed by atoms with van der Waals surface area (Å²) in [6.45, 7) is 15.0. The second-order valence-corrected chi connectivity index (χ2v) is 6.71. The summed E-state index contributed by atoms with van der Waals surface area (Å²) in [5, 5.41) is 0. The van der Waals surface area contributed by atoms with Gasteiger partial charge >= 0.3 is 0 Å². The Morgan fingerprint density at radius 2 is 2.00 bits per heavy atom. The largest absolute Gasteiger partial charge is 0.0984 e. The van der Waals surface area contributed by atoms with Gasteiger partial charge in [0.25, 0.3) is 0 Å². The van der Waals surface area contributed by atoms with E-state index in [-0.39, 0.29) is 1.43 Å². The van der Waals surface area contributed by atoms with Gasteiger partial charge in [-0.05, 0) is 78.7 Å². The maximum Gasteiger partial charge on any atom is 0 e. The predicted octanol–water partition coefficient (Wildman–Crippen LogP) is 6.85. The summed E-state index contributed by atoms with van der Waals surface area (Å²) in [5.74, 6) is 1.67. The Morgan fingerprint density at radius 3 is 2.55 bits per heavy atom. The molecule has 1 aromatic carbocycles. The topological polar surface area (TPSA) is 0 Å². The van der Waals surface area contributed by atoms with Crippen molar-refractivity contribution >= 4 is 12.2 Å². The molecule has 2 aliphatic rings. The lowest BCUT2D eigenvalue weighted by atomic mass is 9.91. The van der Waals surface area contributed by atoms with E-state index in [1.165, 1.54) is 48.8 Å². The monoisotopic (exact) mass is 298 g/mol. The Morgan fingerprint density at radius 1 is 1.32 bits per heavy atom. The third-order valence-corrected chi connectivity index (χ3v) is 5.07. The minimum absolute atomic E-state index is 0. The Bertz CT molecular complexity index is 576. The predicted molar refractivity (Wildman–Crippen MR) is 102 cm³/mol. The van der Waals surface area contributed by atoms with Crippen LogP contribution in [0.5, 0.6) is 0 Å². The Hall–Kier alpha value is -1.30. The van der Waals surface area contributed by atoms with Crippen LogP contribution in [-0.4, -0.2) is 0 Å². The molecule has 1 fully saturated rings. The molecule has 0 N–H and O–H groups in total. The van der Waals surface area contributed by atoms with Crippen LogP contribution in [0, 0.1) is 18.8 Å². The number of rotatable bonds is 4. The van der Waals surface area contributed by atoms with Gasteiger partial charge in [0.1, 0.15) is 0 Å². The van der Waals surface area contributed by atoms with Gasteiger partial charge < -0.3 is 0 Å². The van der Waals surface area contributed by atoms with Gasteiger partial charge in [-0.2, -0.15) is 0 Å². The van der Waals surface area contributed by atoms with Crippen LogP contribution in [0.1, 0.15) is 76.2 Å². The zero-order chi connectivity index (χ0) is 16.3. The minimum atomic E-state index is 0. The molecule has 0 heterocycles. The molecule has 0 saturated heterocycles. The van der Waals surface area contributed by atoms with Crippen LogP contribution in [0.25, 0.3) is 12.2 Å². The molecule has 3 rings (SSSR count). The number of fused-ring (bicyclic) bond motifs is 1. The SMILES string of the molecule is C=Cc1cc2c(c(C)c1/C=C(\CC)C1CC1)C[C@@H](C)C2.CC.[HH]. The zero-order valence-electron chi connectivity index (χ0n) is 15.1. The quantitative estimate of drug-likeness (QED) is 0.570. The summed E-state index contributed by atoms with van der Waals surface area (Å²) in [7, 11) is 0. The van der Waals surface area contributed by atoms with Crippen molar-refractivity contribution in [3.8, 4) is 0 Å². The molecule has 1 aromatic rings. The van der Waals surface area contributed by atoms with Crippen molar-refractivity contribution in [3.63, 3.8) is 0 Å². The van der Waals surface area contributed by atoms with Crippen molar-refractivity contribution in [3.05, 3.63) is 46.0 Å². The molecule has 0 nitrogen and oxygen atoms in total. The Labute approximate surface area is 138 Å². The highest BCUT2D eigenvalue weighted by Gasteiger charge is 2.26. The van der Waals surface area contributed by atoms with E-state index in [4.69, 9.17) is 0 Å². The molecule has 1 atom stereocenters.